The lowest BCUT2D eigenvalue weighted by Gasteiger charge is -2.44. The first kappa shape index (κ1) is 29.0. The van der Waals surface area contributed by atoms with Crippen molar-refractivity contribution in [1.29, 1.82) is 5.26 Å². The zero-order valence-electron chi connectivity index (χ0n) is 23.9. The van der Waals surface area contributed by atoms with Gasteiger partial charge in [0.25, 0.3) is 0 Å². The van der Waals surface area contributed by atoms with Gasteiger partial charge in [-0.1, -0.05) is 61.3 Å². The molecule has 1 atom stereocenters. The van der Waals surface area contributed by atoms with Gasteiger partial charge in [0.2, 0.25) is 0 Å². The van der Waals surface area contributed by atoms with Crippen molar-refractivity contribution in [2.45, 2.75) is 60.0 Å². The highest BCUT2D eigenvalue weighted by Gasteiger charge is 2.45. The smallest absolute Gasteiger partial charge is 0.162 e. The van der Waals surface area contributed by atoms with Crippen LogP contribution in [0.2, 0.25) is 5.02 Å². The summed E-state index contributed by atoms with van der Waals surface area (Å²) < 4.78 is 7.05. The third-order valence-corrected chi connectivity index (χ3v) is 9.09. The maximum Gasteiger partial charge on any atom is 0.162 e. The summed E-state index contributed by atoms with van der Waals surface area (Å²) in [5.41, 5.74) is 14.0. The van der Waals surface area contributed by atoms with Gasteiger partial charge in [-0.25, -0.2) is 0 Å². The summed E-state index contributed by atoms with van der Waals surface area (Å²) in [6.45, 7) is 10.5. The maximum absolute atomic E-state index is 14.0. The van der Waals surface area contributed by atoms with Crippen LogP contribution in [-0.4, -0.2) is 5.78 Å². The molecule has 3 aromatic rings. The molecule has 1 heterocycles. The lowest BCUT2D eigenvalue weighted by atomic mass is 9.68. The van der Waals surface area contributed by atoms with Crippen molar-refractivity contribution in [2.24, 2.45) is 11.1 Å². The average molecular weight is 631 g/mol. The van der Waals surface area contributed by atoms with Crippen LogP contribution in [0.1, 0.15) is 60.4 Å². The summed E-state index contributed by atoms with van der Waals surface area (Å²) in [4.78, 5) is 15.9. The molecule has 0 radical (unpaired) electrons. The Bertz CT molecular complexity index is 1680. The second-order valence-electron chi connectivity index (χ2n) is 11.8. The number of nitrogens with two attached hydrogens (primary N) is 1. The van der Waals surface area contributed by atoms with E-state index in [2.05, 4.69) is 48.0 Å². The molecule has 0 bridgehead atoms. The number of allylic oxidation sites excluding steroid dienone is 3. The molecule has 0 fully saturated rings. The minimum absolute atomic E-state index is 0.0385. The van der Waals surface area contributed by atoms with Crippen molar-refractivity contribution < 1.29 is 9.53 Å². The first-order valence-electron chi connectivity index (χ1n) is 13.6. The molecule has 0 aromatic heterocycles. The first-order valence-corrected chi connectivity index (χ1v) is 14.8. The van der Waals surface area contributed by atoms with Crippen LogP contribution in [0.5, 0.6) is 5.75 Å². The Hall–Kier alpha value is -3.53. The third-order valence-electron chi connectivity index (χ3n) is 8.03. The molecule has 5 nitrogen and oxygen atoms in total. The van der Waals surface area contributed by atoms with E-state index >= 15 is 0 Å². The Morgan fingerprint density at radius 2 is 1.85 bits per heavy atom. The van der Waals surface area contributed by atoms with Gasteiger partial charge in [-0.05, 0) is 95.1 Å². The standard InChI is InChI=1S/C34H33BrClN3O2/c1-19-12-22(18-41-30-9-7-6-8-26(30)35)21(3)24(13-19)31-25(17-37)33(38)39(23-11-10-20(2)27(36)14-23)28-15-34(4,5)16-29(40)32(28)31/h6-14,31H,15-16,18,38H2,1-5H3. The number of benzene rings is 3. The van der Waals surface area contributed by atoms with Gasteiger partial charge >= 0.3 is 0 Å². The molecule has 0 amide bonds. The summed E-state index contributed by atoms with van der Waals surface area (Å²) in [6, 6.07) is 20.0. The zero-order valence-corrected chi connectivity index (χ0v) is 26.3. The molecule has 1 aliphatic heterocycles. The van der Waals surface area contributed by atoms with Crippen LogP contribution in [0, 0.1) is 37.5 Å². The highest BCUT2D eigenvalue weighted by atomic mass is 79.9. The number of nitriles is 1. The SMILES string of the molecule is Cc1cc(COc2ccccc2Br)c(C)c(C2C(C#N)=C(N)N(c3ccc(C)c(Cl)c3)C3=C2C(=O)CC(C)(C)C3)c1. The number of aryl methyl sites for hydroxylation is 2. The highest BCUT2D eigenvalue weighted by molar-refractivity contribution is 9.10. The van der Waals surface area contributed by atoms with Crippen LogP contribution < -0.4 is 15.4 Å². The van der Waals surface area contributed by atoms with Crippen molar-refractivity contribution in [3.05, 3.63) is 115 Å². The number of para-hydroxylation sites is 1. The van der Waals surface area contributed by atoms with Gasteiger partial charge in [-0.2, -0.15) is 5.26 Å². The number of ketones is 1. The second-order valence-corrected chi connectivity index (χ2v) is 13.0. The molecule has 3 aromatic carbocycles. The Labute approximate surface area is 255 Å². The van der Waals surface area contributed by atoms with E-state index in [0.29, 0.717) is 41.4 Å². The Balaban J connectivity index is 1.69. The molecule has 1 aliphatic carbocycles. The Morgan fingerprint density at radius 1 is 1.12 bits per heavy atom. The second kappa shape index (κ2) is 11.0. The fourth-order valence-electron chi connectivity index (χ4n) is 5.97. The van der Waals surface area contributed by atoms with Crippen LogP contribution in [0.15, 0.2) is 81.7 Å². The maximum atomic E-state index is 14.0. The molecule has 0 saturated carbocycles. The Morgan fingerprint density at radius 3 is 2.54 bits per heavy atom. The van der Waals surface area contributed by atoms with Crippen molar-refractivity contribution in [3.63, 3.8) is 0 Å². The molecular weight excluding hydrogens is 598 g/mol. The molecule has 41 heavy (non-hydrogen) atoms. The summed E-state index contributed by atoms with van der Waals surface area (Å²) >= 11 is 10.1. The van der Waals surface area contributed by atoms with Crippen LogP contribution in [0.25, 0.3) is 0 Å². The summed E-state index contributed by atoms with van der Waals surface area (Å²) in [6.07, 6.45) is 1.03. The van der Waals surface area contributed by atoms with Crippen LogP contribution >= 0.6 is 27.5 Å². The molecule has 2 N–H and O–H groups in total. The van der Waals surface area contributed by atoms with Gasteiger partial charge < -0.3 is 10.5 Å². The number of hydrogen-bond acceptors (Lipinski definition) is 5. The largest absolute Gasteiger partial charge is 0.488 e. The van der Waals surface area contributed by atoms with Gasteiger partial charge in [-0.15, -0.1) is 0 Å². The van der Waals surface area contributed by atoms with Crippen molar-refractivity contribution >= 4 is 39.0 Å². The summed E-state index contributed by atoms with van der Waals surface area (Å²) in [5, 5.41) is 11.1. The molecule has 0 saturated heterocycles. The number of nitrogens with zero attached hydrogens (tertiary/aromatic N) is 2. The van der Waals surface area contributed by atoms with Gasteiger partial charge in [0.15, 0.2) is 5.78 Å². The first-order chi connectivity index (χ1) is 19.4. The molecule has 7 heteroatoms. The number of anilines is 1. The third kappa shape index (κ3) is 5.41. The van der Waals surface area contributed by atoms with Crippen LogP contribution in [0.4, 0.5) is 5.69 Å². The van der Waals surface area contributed by atoms with E-state index in [1.165, 1.54) is 0 Å². The molecule has 210 valence electrons. The van der Waals surface area contributed by atoms with Crippen LogP contribution in [0.3, 0.4) is 0 Å². The van der Waals surface area contributed by atoms with E-state index in [1.807, 2.05) is 68.1 Å². The monoisotopic (exact) mass is 629 g/mol. The number of ether oxygens (including phenoxy) is 1. The normalized spacial score (nSPS) is 18.3. The topological polar surface area (TPSA) is 79.3 Å². The fourth-order valence-corrected chi connectivity index (χ4v) is 6.54. The van der Waals surface area contributed by atoms with Crippen molar-refractivity contribution in [3.8, 4) is 11.8 Å². The average Bonchev–Trinajstić information content (AvgIpc) is 2.90. The minimum Gasteiger partial charge on any atom is -0.488 e. The Kier molecular flexibility index (Phi) is 7.80. The number of hydrogen-bond donors (Lipinski definition) is 1. The minimum atomic E-state index is -0.571. The summed E-state index contributed by atoms with van der Waals surface area (Å²) in [7, 11) is 0. The van der Waals surface area contributed by atoms with Gasteiger partial charge in [0, 0.05) is 28.4 Å². The fraction of sp³-hybridized carbons (Fsp3) is 0.294. The lowest BCUT2D eigenvalue weighted by Crippen LogP contribution is -2.42. The predicted molar refractivity (Wildman–Crippen MR) is 168 cm³/mol. The summed E-state index contributed by atoms with van der Waals surface area (Å²) in [5.74, 6) is 0.541. The molecule has 1 unspecified atom stereocenters. The van der Waals surface area contributed by atoms with E-state index in [0.717, 1.165) is 49.4 Å². The zero-order chi connectivity index (χ0) is 29.6. The van der Waals surface area contributed by atoms with Gasteiger partial charge in [0.1, 0.15) is 18.2 Å². The van der Waals surface area contributed by atoms with Crippen molar-refractivity contribution in [1.82, 2.24) is 0 Å². The van der Waals surface area contributed by atoms with E-state index in [4.69, 9.17) is 22.1 Å². The number of carbonyl (C=O) groups is 1. The van der Waals surface area contributed by atoms with E-state index < -0.39 is 5.92 Å². The number of carbonyl (C=O) groups excluding carboxylic acids is 1. The van der Waals surface area contributed by atoms with Gasteiger partial charge in [-0.3, -0.25) is 9.69 Å². The number of rotatable bonds is 5. The quantitative estimate of drug-likeness (QED) is 0.306. The van der Waals surface area contributed by atoms with E-state index in [-0.39, 0.29) is 11.2 Å². The van der Waals surface area contributed by atoms with Gasteiger partial charge in [0.05, 0.1) is 22.0 Å². The molecule has 5 rings (SSSR count). The number of halogens is 2. The predicted octanol–water partition coefficient (Wildman–Crippen LogP) is 8.55. The highest BCUT2D eigenvalue weighted by Crippen LogP contribution is 2.51. The van der Waals surface area contributed by atoms with Crippen molar-refractivity contribution in [2.75, 3.05) is 4.90 Å². The molecule has 0 spiro atoms. The van der Waals surface area contributed by atoms with Crippen LogP contribution in [-0.2, 0) is 11.4 Å². The lowest BCUT2D eigenvalue weighted by molar-refractivity contribution is -0.118. The molecular formula is C34H33BrClN3O2. The number of Topliss-reactive ketones (excluding diaryl/α,β-unsaturated/α-hetero) is 1. The van der Waals surface area contributed by atoms with E-state index in [9.17, 15) is 10.1 Å². The van der Waals surface area contributed by atoms with E-state index in [1.54, 1.807) is 0 Å². The molecule has 2 aliphatic rings.